The van der Waals surface area contributed by atoms with Crippen LogP contribution < -0.4 is 10.2 Å². The average Bonchev–Trinajstić information content (AvgIpc) is 3.49. The number of rotatable bonds is 6. The highest BCUT2D eigenvalue weighted by molar-refractivity contribution is 6.18. The van der Waals surface area contributed by atoms with E-state index in [-0.39, 0.29) is 17.5 Å². The summed E-state index contributed by atoms with van der Waals surface area (Å²) in [5.41, 5.74) is 7.38. The standard InChI is InChI=1S/C40H38N2O3/c1-23(2)20-27-13-17-28(18-14-27)37(43)35-36(38(44)29-15-10-24(3)11-16-29)42-33-19-12-25(4)21-30(33)26(5)22-34(42)40(35)31-8-6-7-9-32(31)41-39(40)45/h6-19,21-23,34-36H,20H2,1-5H3,(H,41,45)/t34-,35-,36-,40-/m1/s1. The van der Waals surface area contributed by atoms with Crippen molar-refractivity contribution in [3.63, 3.8) is 0 Å². The van der Waals surface area contributed by atoms with Crippen molar-refractivity contribution < 1.29 is 14.4 Å². The molecule has 4 aromatic carbocycles. The molecular weight excluding hydrogens is 556 g/mol. The first-order valence-corrected chi connectivity index (χ1v) is 15.8. The number of nitrogens with one attached hydrogen (secondary N) is 1. The van der Waals surface area contributed by atoms with Gasteiger partial charge in [-0.25, -0.2) is 0 Å². The maximum absolute atomic E-state index is 15.1. The maximum atomic E-state index is 15.1. The molecule has 0 aromatic heterocycles. The molecule has 7 rings (SSSR count). The molecule has 4 atom stereocenters. The molecule has 226 valence electrons. The van der Waals surface area contributed by atoms with Gasteiger partial charge in [-0.05, 0) is 68.0 Å². The van der Waals surface area contributed by atoms with Gasteiger partial charge in [0.2, 0.25) is 5.91 Å². The van der Waals surface area contributed by atoms with Gasteiger partial charge in [-0.15, -0.1) is 0 Å². The maximum Gasteiger partial charge on any atom is 0.238 e. The Morgan fingerprint density at radius 2 is 1.47 bits per heavy atom. The van der Waals surface area contributed by atoms with Crippen LogP contribution in [0.3, 0.4) is 0 Å². The SMILES string of the molecule is CC1=C[C@H]2N(c3ccc(C)cc31)[C@@H](C(=O)c1ccc(C)cc1)[C@H](C(=O)c1ccc(CC(C)C)cc1)[C@]21C(=O)Nc2ccccc21. The second kappa shape index (κ2) is 10.7. The van der Waals surface area contributed by atoms with Crippen LogP contribution in [-0.2, 0) is 16.6 Å². The monoisotopic (exact) mass is 594 g/mol. The molecule has 1 fully saturated rings. The van der Waals surface area contributed by atoms with Gasteiger partial charge < -0.3 is 10.2 Å². The Hall–Kier alpha value is -4.77. The summed E-state index contributed by atoms with van der Waals surface area (Å²) < 4.78 is 0. The van der Waals surface area contributed by atoms with Crippen LogP contribution in [0.15, 0.2) is 97.1 Å². The van der Waals surface area contributed by atoms with Crippen LogP contribution in [0.2, 0.25) is 0 Å². The van der Waals surface area contributed by atoms with Crippen LogP contribution in [0.1, 0.15) is 69.3 Å². The third-order valence-electron chi connectivity index (χ3n) is 9.90. The number of ketones is 2. The molecule has 0 aliphatic carbocycles. The molecule has 5 nitrogen and oxygen atoms in total. The lowest BCUT2D eigenvalue weighted by Crippen LogP contribution is -2.51. The van der Waals surface area contributed by atoms with Gasteiger partial charge in [-0.1, -0.05) is 104 Å². The quantitative estimate of drug-likeness (QED) is 0.232. The first kappa shape index (κ1) is 29.0. The fourth-order valence-electron chi connectivity index (χ4n) is 7.89. The Bertz CT molecular complexity index is 1890. The number of hydrogen-bond acceptors (Lipinski definition) is 4. The fraction of sp³-hybridized carbons (Fsp3) is 0.275. The Morgan fingerprint density at radius 3 is 2.18 bits per heavy atom. The number of carbonyl (C=O) groups excluding carboxylic acids is 3. The number of hydrogen-bond donors (Lipinski definition) is 1. The summed E-state index contributed by atoms with van der Waals surface area (Å²) in [6.07, 6.45) is 3.01. The van der Waals surface area contributed by atoms with Crippen molar-refractivity contribution in [1.29, 1.82) is 0 Å². The van der Waals surface area contributed by atoms with Crippen LogP contribution in [0, 0.1) is 25.7 Å². The number of Topliss-reactive ketones (excluding diaryl/α,β-unsaturated/α-hetero) is 2. The minimum atomic E-state index is -1.32. The third kappa shape index (κ3) is 4.40. The lowest BCUT2D eigenvalue weighted by molar-refractivity contribution is -0.121. The summed E-state index contributed by atoms with van der Waals surface area (Å²) in [7, 11) is 0. The number of amides is 1. The van der Waals surface area contributed by atoms with E-state index in [2.05, 4.69) is 50.1 Å². The fourth-order valence-corrected chi connectivity index (χ4v) is 7.89. The summed E-state index contributed by atoms with van der Waals surface area (Å²) in [5.74, 6) is -1.10. The Morgan fingerprint density at radius 1 is 0.822 bits per heavy atom. The molecule has 1 amide bonds. The van der Waals surface area contributed by atoms with Gasteiger partial charge in [0.25, 0.3) is 0 Å². The van der Waals surface area contributed by atoms with Crippen molar-refractivity contribution in [1.82, 2.24) is 0 Å². The molecule has 3 aliphatic heterocycles. The van der Waals surface area contributed by atoms with Crippen LogP contribution in [0.5, 0.6) is 0 Å². The predicted molar refractivity (Wildman–Crippen MR) is 180 cm³/mol. The van der Waals surface area contributed by atoms with Gasteiger partial charge in [0.15, 0.2) is 11.6 Å². The highest BCUT2D eigenvalue weighted by Gasteiger charge is 2.70. The Kier molecular flexibility index (Phi) is 6.88. The van der Waals surface area contributed by atoms with E-state index in [0.29, 0.717) is 22.7 Å². The molecule has 45 heavy (non-hydrogen) atoms. The van der Waals surface area contributed by atoms with Crippen LogP contribution in [0.25, 0.3) is 5.57 Å². The Balaban J connectivity index is 1.50. The predicted octanol–water partition coefficient (Wildman–Crippen LogP) is 7.75. The summed E-state index contributed by atoms with van der Waals surface area (Å²) in [4.78, 5) is 46.7. The molecule has 0 unspecified atom stereocenters. The zero-order valence-electron chi connectivity index (χ0n) is 26.4. The van der Waals surface area contributed by atoms with Gasteiger partial charge in [0.1, 0.15) is 11.5 Å². The number of carbonyl (C=O) groups is 3. The van der Waals surface area contributed by atoms with E-state index in [9.17, 15) is 9.59 Å². The number of nitrogens with zero attached hydrogens (tertiary/aromatic N) is 1. The normalized spacial score (nSPS) is 23.0. The number of aryl methyl sites for hydroxylation is 2. The second-order valence-corrected chi connectivity index (χ2v) is 13.4. The smallest absolute Gasteiger partial charge is 0.238 e. The van der Waals surface area contributed by atoms with E-state index in [4.69, 9.17) is 0 Å². The summed E-state index contributed by atoms with van der Waals surface area (Å²) >= 11 is 0. The molecule has 0 bridgehead atoms. The zero-order chi connectivity index (χ0) is 31.6. The average molecular weight is 595 g/mol. The minimum Gasteiger partial charge on any atom is -0.352 e. The van der Waals surface area contributed by atoms with E-state index in [1.165, 1.54) is 0 Å². The molecule has 5 heteroatoms. The lowest BCUT2D eigenvalue weighted by Gasteiger charge is -2.39. The molecule has 4 aromatic rings. The Labute approximate surface area is 265 Å². The number of para-hydroxylation sites is 1. The third-order valence-corrected chi connectivity index (χ3v) is 9.90. The van der Waals surface area contributed by atoms with Gasteiger partial charge in [0, 0.05) is 28.1 Å². The number of allylic oxidation sites excluding steroid dienone is 1. The van der Waals surface area contributed by atoms with Gasteiger partial charge in [0.05, 0.1) is 12.0 Å². The van der Waals surface area contributed by atoms with Gasteiger partial charge in [-0.2, -0.15) is 0 Å². The molecule has 0 saturated carbocycles. The molecule has 1 N–H and O–H groups in total. The molecule has 3 aliphatic rings. The van der Waals surface area contributed by atoms with Crippen molar-refractivity contribution in [2.45, 2.75) is 58.5 Å². The van der Waals surface area contributed by atoms with Crippen LogP contribution in [-0.4, -0.2) is 29.6 Å². The van der Waals surface area contributed by atoms with Crippen molar-refractivity contribution in [3.05, 3.63) is 136 Å². The molecular formula is C40H38N2O3. The van der Waals surface area contributed by atoms with E-state index in [1.807, 2.05) is 91.9 Å². The molecule has 0 radical (unpaired) electrons. The number of benzene rings is 4. The molecule has 1 spiro atoms. The number of anilines is 2. The van der Waals surface area contributed by atoms with E-state index >= 15 is 4.79 Å². The molecule has 1 saturated heterocycles. The first-order chi connectivity index (χ1) is 21.6. The summed E-state index contributed by atoms with van der Waals surface area (Å²) in [6.45, 7) is 10.4. The van der Waals surface area contributed by atoms with E-state index in [0.717, 1.165) is 45.5 Å². The molecule has 3 heterocycles. The highest BCUT2D eigenvalue weighted by Crippen LogP contribution is 2.59. The second-order valence-electron chi connectivity index (χ2n) is 13.4. The van der Waals surface area contributed by atoms with Crippen molar-refractivity contribution in [3.8, 4) is 0 Å². The van der Waals surface area contributed by atoms with Crippen molar-refractivity contribution >= 4 is 34.4 Å². The largest absolute Gasteiger partial charge is 0.352 e. The van der Waals surface area contributed by atoms with Crippen molar-refractivity contribution in [2.24, 2.45) is 11.8 Å². The van der Waals surface area contributed by atoms with E-state index in [1.54, 1.807) is 0 Å². The first-order valence-electron chi connectivity index (χ1n) is 15.8. The lowest BCUT2D eigenvalue weighted by atomic mass is 9.64. The van der Waals surface area contributed by atoms with Crippen LogP contribution >= 0.6 is 0 Å². The van der Waals surface area contributed by atoms with Gasteiger partial charge >= 0.3 is 0 Å². The van der Waals surface area contributed by atoms with Crippen LogP contribution in [0.4, 0.5) is 11.4 Å². The topological polar surface area (TPSA) is 66.5 Å². The van der Waals surface area contributed by atoms with Crippen molar-refractivity contribution in [2.75, 3.05) is 10.2 Å². The van der Waals surface area contributed by atoms with E-state index < -0.39 is 23.4 Å². The zero-order valence-corrected chi connectivity index (χ0v) is 26.4. The summed E-state index contributed by atoms with van der Waals surface area (Å²) in [6, 6.07) is 27.7. The summed E-state index contributed by atoms with van der Waals surface area (Å²) in [5, 5.41) is 3.13. The minimum absolute atomic E-state index is 0.164. The number of fused-ring (bicyclic) bond motifs is 6. The van der Waals surface area contributed by atoms with Gasteiger partial charge in [-0.3, -0.25) is 14.4 Å². The highest BCUT2D eigenvalue weighted by atomic mass is 16.2.